The quantitative estimate of drug-likeness (QED) is 0.524. The first-order valence-corrected chi connectivity index (χ1v) is 3.87. The third kappa shape index (κ3) is 0.961. The summed E-state index contributed by atoms with van der Waals surface area (Å²) in [6, 6.07) is -0.391. The Morgan fingerprint density at radius 1 is 1.50 bits per heavy atom. The monoisotopic (exact) mass is 174 g/mol. The lowest BCUT2D eigenvalue weighted by molar-refractivity contribution is -0.0733. The molecule has 0 N–H and O–H groups in total. The summed E-state index contributed by atoms with van der Waals surface area (Å²) in [5, 5.41) is 8.54. The van der Waals surface area contributed by atoms with Gasteiger partial charge < -0.3 is 4.90 Å². The highest BCUT2D eigenvalue weighted by atomic mass is 19.3. The minimum atomic E-state index is -2.76. The molecule has 1 aliphatic heterocycles. The van der Waals surface area contributed by atoms with Crippen LogP contribution in [0.3, 0.4) is 0 Å². The lowest BCUT2D eigenvalue weighted by atomic mass is 9.83. The van der Waals surface area contributed by atoms with Gasteiger partial charge in [0.15, 0.2) is 6.19 Å². The molecule has 0 aromatic heterocycles. The fraction of sp³-hybridized carbons (Fsp3) is 0.875. The molecule has 1 heterocycles. The zero-order valence-electron chi connectivity index (χ0n) is 7.43. The van der Waals surface area contributed by atoms with Crippen molar-refractivity contribution in [3.8, 4) is 6.19 Å². The van der Waals surface area contributed by atoms with E-state index in [-0.39, 0.29) is 0 Å². The van der Waals surface area contributed by atoms with Crippen LogP contribution in [0.5, 0.6) is 0 Å². The van der Waals surface area contributed by atoms with Gasteiger partial charge in [-0.2, -0.15) is 5.26 Å². The van der Waals surface area contributed by atoms with E-state index < -0.39 is 23.9 Å². The van der Waals surface area contributed by atoms with E-state index in [0.717, 1.165) is 4.90 Å². The molecule has 12 heavy (non-hydrogen) atoms. The highest BCUT2D eigenvalue weighted by Gasteiger charge is 2.58. The molecule has 68 valence electrons. The molecule has 0 spiro atoms. The van der Waals surface area contributed by atoms with Crippen LogP contribution in [0.4, 0.5) is 8.78 Å². The van der Waals surface area contributed by atoms with E-state index in [4.69, 9.17) is 5.26 Å². The van der Waals surface area contributed by atoms with Crippen molar-refractivity contribution in [3.05, 3.63) is 0 Å². The van der Waals surface area contributed by atoms with Gasteiger partial charge in [0.2, 0.25) is 0 Å². The van der Waals surface area contributed by atoms with Gasteiger partial charge in [0, 0.05) is 6.04 Å². The summed E-state index contributed by atoms with van der Waals surface area (Å²) in [5.41, 5.74) is -1.11. The molecule has 1 aliphatic rings. The third-order valence-corrected chi connectivity index (χ3v) is 2.95. The first-order chi connectivity index (χ1) is 5.33. The standard InChI is InChI=1S/C8H12F2N2/c1-6-7(2,3)8(9,10)4-12(6)5-11/h6H,4H2,1-3H3/t6-/m1/s1. The van der Waals surface area contributed by atoms with Gasteiger partial charge in [0.1, 0.15) is 0 Å². The van der Waals surface area contributed by atoms with Gasteiger partial charge >= 0.3 is 0 Å². The maximum absolute atomic E-state index is 13.2. The summed E-state index contributed by atoms with van der Waals surface area (Å²) in [6.07, 6.45) is 1.78. The molecule has 0 aromatic carbocycles. The molecule has 1 saturated heterocycles. The zero-order chi connectivity index (χ0) is 9.57. The molecule has 0 unspecified atom stereocenters. The van der Waals surface area contributed by atoms with Crippen molar-refractivity contribution in [2.24, 2.45) is 5.41 Å². The van der Waals surface area contributed by atoms with E-state index in [1.807, 2.05) is 0 Å². The molecule has 4 heteroatoms. The summed E-state index contributed by atoms with van der Waals surface area (Å²) in [5.74, 6) is -2.76. The van der Waals surface area contributed by atoms with Crippen molar-refractivity contribution in [3.63, 3.8) is 0 Å². The molecule has 1 atom stereocenters. The Morgan fingerprint density at radius 2 is 2.00 bits per heavy atom. The first kappa shape index (κ1) is 9.24. The van der Waals surface area contributed by atoms with E-state index in [1.54, 1.807) is 13.1 Å². The number of rotatable bonds is 0. The third-order valence-electron chi connectivity index (χ3n) is 2.95. The minimum Gasteiger partial charge on any atom is -0.301 e. The summed E-state index contributed by atoms with van der Waals surface area (Å²) in [7, 11) is 0. The Labute approximate surface area is 70.8 Å². The smallest absolute Gasteiger partial charge is 0.272 e. The van der Waals surface area contributed by atoms with Gasteiger partial charge in [-0.05, 0) is 6.92 Å². The Hall–Kier alpha value is -0.850. The summed E-state index contributed by atoms with van der Waals surface area (Å²) in [6.45, 7) is 4.20. The number of halogens is 2. The Kier molecular flexibility index (Phi) is 1.78. The van der Waals surface area contributed by atoms with Crippen molar-refractivity contribution >= 4 is 0 Å². The molecule has 1 rings (SSSR count). The highest BCUT2D eigenvalue weighted by molar-refractivity contribution is 5.06. The predicted molar refractivity (Wildman–Crippen MR) is 40.5 cm³/mol. The van der Waals surface area contributed by atoms with Crippen LogP contribution >= 0.6 is 0 Å². The number of hydrogen-bond acceptors (Lipinski definition) is 2. The van der Waals surface area contributed by atoms with Crippen molar-refractivity contribution in [1.29, 1.82) is 5.26 Å². The second kappa shape index (κ2) is 2.32. The fourth-order valence-electron chi connectivity index (χ4n) is 1.37. The molecule has 0 radical (unpaired) electrons. The van der Waals surface area contributed by atoms with Gasteiger partial charge in [0.05, 0.1) is 12.0 Å². The van der Waals surface area contributed by atoms with E-state index in [2.05, 4.69) is 0 Å². The lowest BCUT2D eigenvalue weighted by Gasteiger charge is -2.29. The SMILES string of the molecule is C[C@H]1N(C#N)CC(F)(F)C1(C)C. The van der Waals surface area contributed by atoms with Crippen LogP contribution in [0, 0.1) is 16.9 Å². The van der Waals surface area contributed by atoms with Gasteiger partial charge in [-0.3, -0.25) is 0 Å². The van der Waals surface area contributed by atoms with Crippen LogP contribution < -0.4 is 0 Å². The fourth-order valence-corrected chi connectivity index (χ4v) is 1.37. The molecule has 0 aromatic rings. The van der Waals surface area contributed by atoms with Crippen molar-refractivity contribution in [2.75, 3.05) is 6.54 Å². The average Bonchev–Trinajstić information content (AvgIpc) is 2.11. The van der Waals surface area contributed by atoms with Gasteiger partial charge in [-0.15, -0.1) is 0 Å². The maximum atomic E-state index is 13.2. The van der Waals surface area contributed by atoms with Crippen molar-refractivity contribution in [2.45, 2.75) is 32.7 Å². The normalized spacial score (nSPS) is 31.7. The van der Waals surface area contributed by atoms with Gasteiger partial charge in [-0.1, -0.05) is 13.8 Å². The lowest BCUT2D eigenvalue weighted by Crippen LogP contribution is -2.38. The Balaban J connectivity index is 2.98. The molecule has 1 fully saturated rings. The van der Waals surface area contributed by atoms with E-state index in [9.17, 15) is 8.78 Å². The molecule has 0 aliphatic carbocycles. The van der Waals surface area contributed by atoms with Crippen LogP contribution in [-0.2, 0) is 0 Å². The predicted octanol–water partition coefficient (Wildman–Crippen LogP) is 1.83. The minimum absolute atomic E-state index is 0.391. The van der Waals surface area contributed by atoms with Crippen molar-refractivity contribution < 1.29 is 8.78 Å². The van der Waals surface area contributed by atoms with Crippen LogP contribution in [0.1, 0.15) is 20.8 Å². The second-order valence-corrected chi connectivity index (χ2v) is 3.83. The largest absolute Gasteiger partial charge is 0.301 e. The van der Waals surface area contributed by atoms with Crippen LogP contribution in [0.25, 0.3) is 0 Å². The number of nitriles is 1. The number of alkyl halides is 2. The molecule has 0 bridgehead atoms. The molecule has 0 amide bonds. The van der Waals surface area contributed by atoms with Crippen LogP contribution in [0.15, 0.2) is 0 Å². The van der Waals surface area contributed by atoms with Crippen molar-refractivity contribution in [1.82, 2.24) is 4.90 Å². The Morgan fingerprint density at radius 3 is 2.17 bits per heavy atom. The van der Waals surface area contributed by atoms with E-state index in [1.165, 1.54) is 13.8 Å². The summed E-state index contributed by atoms with van der Waals surface area (Å²) >= 11 is 0. The van der Waals surface area contributed by atoms with Gasteiger partial charge in [-0.25, -0.2) is 8.78 Å². The van der Waals surface area contributed by atoms with Gasteiger partial charge in [0.25, 0.3) is 5.92 Å². The van der Waals surface area contributed by atoms with Crippen LogP contribution in [0.2, 0.25) is 0 Å². The molecular formula is C8H12F2N2. The summed E-state index contributed by atoms with van der Waals surface area (Å²) in [4.78, 5) is 1.14. The average molecular weight is 174 g/mol. The first-order valence-electron chi connectivity index (χ1n) is 3.87. The summed E-state index contributed by atoms with van der Waals surface area (Å²) < 4.78 is 26.4. The maximum Gasteiger partial charge on any atom is 0.272 e. The molecule has 0 saturated carbocycles. The highest BCUT2D eigenvalue weighted by Crippen LogP contribution is 2.46. The second-order valence-electron chi connectivity index (χ2n) is 3.83. The zero-order valence-corrected chi connectivity index (χ0v) is 7.43. The van der Waals surface area contributed by atoms with E-state index >= 15 is 0 Å². The Bertz CT molecular complexity index is 230. The molecule has 2 nitrogen and oxygen atoms in total. The number of likely N-dealkylation sites (tertiary alicyclic amines) is 1. The number of hydrogen-bond donors (Lipinski definition) is 0. The van der Waals surface area contributed by atoms with Crippen LogP contribution in [-0.4, -0.2) is 23.4 Å². The molecular weight excluding hydrogens is 162 g/mol. The topological polar surface area (TPSA) is 27.0 Å². The number of nitrogens with zero attached hydrogens (tertiary/aromatic N) is 2. The van der Waals surface area contributed by atoms with E-state index in [0.29, 0.717) is 0 Å².